The van der Waals surface area contributed by atoms with Crippen LogP contribution in [-0.2, 0) is 6.42 Å². The van der Waals surface area contributed by atoms with Crippen LogP contribution in [-0.4, -0.2) is 19.1 Å². The average Bonchev–Trinajstić information content (AvgIpc) is 2.60. The van der Waals surface area contributed by atoms with Gasteiger partial charge in [-0.3, -0.25) is 0 Å². The summed E-state index contributed by atoms with van der Waals surface area (Å²) in [6.45, 7) is 8.58. The molecule has 1 atom stereocenters. The molecule has 1 aromatic carbocycles. The minimum atomic E-state index is -0.101. The Hall–Kier alpha value is -1.09. The maximum atomic E-state index is 14.4. The lowest BCUT2D eigenvalue weighted by Gasteiger charge is -2.28. The Bertz CT molecular complexity index is 470. The van der Waals surface area contributed by atoms with Gasteiger partial charge >= 0.3 is 0 Å². The summed E-state index contributed by atoms with van der Waals surface area (Å²) in [4.78, 5) is 2.24. The summed E-state index contributed by atoms with van der Waals surface area (Å²) in [6.07, 6.45) is 5.12. The molecule has 1 heterocycles. The van der Waals surface area contributed by atoms with Gasteiger partial charge in [0.2, 0.25) is 0 Å². The van der Waals surface area contributed by atoms with Crippen LogP contribution in [0.5, 0.6) is 0 Å². The smallest absolute Gasteiger partial charge is 0.146 e. The Labute approximate surface area is 128 Å². The minimum Gasteiger partial charge on any atom is -0.369 e. The standard InChI is InChI=1S/C18H29FN2/c1-4-15(20)13-14-7-5-8-16(19)17(14)21-11-6-9-18(2,3)10-12-21/h5,7-8,15H,4,6,9-13,20H2,1-3H3. The zero-order valence-corrected chi connectivity index (χ0v) is 13.7. The van der Waals surface area contributed by atoms with E-state index in [4.69, 9.17) is 5.73 Å². The van der Waals surface area contributed by atoms with Gasteiger partial charge in [-0.2, -0.15) is 0 Å². The molecule has 3 heteroatoms. The molecule has 0 bridgehead atoms. The Morgan fingerprint density at radius 2 is 2.05 bits per heavy atom. The molecular weight excluding hydrogens is 263 g/mol. The normalized spacial score (nSPS) is 20.1. The van der Waals surface area contributed by atoms with Gasteiger partial charge in [-0.25, -0.2) is 4.39 Å². The summed E-state index contributed by atoms with van der Waals surface area (Å²) in [5, 5.41) is 0. The van der Waals surface area contributed by atoms with E-state index in [1.165, 1.54) is 6.42 Å². The molecule has 0 spiro atoms. The van der Waals surface area contributed by atoms with Crippen molar-refractivity contribution in [2.24, 2.45) is 11.1 Å². The molecule has 1 saturated heterocycles. The molecule has 118 valence electrons. The molecular formula is C18H29FN2. The highest BCUT2D eigenvalue weighted by molar-refractivity contribution is 5.55. The SMILES string of the molecule is CCC(N)Cc1cccc(F)c1N1CCCC(C)(C)CC1. The molecule has 0 radical (unpaired) electrons. The van der Waals surface area contributed by atoms with Crippen molar-refractivity contribution >= 4 is 5.69 Å². The second-order valence-corrected chi connectivity index (χ2v) is 7.12. The van der Waals surface area contributed by atoms with E-state index in [2.05, 4.69) is 25.7 Å². The summed E-state index contributed by atoms with van der Waals surface area (Å²) in [5.74, 6) is -0.101. The summed E-state index contributed by atoms with van der Waals surface area (Å²) in [5.41, 5.74) is 8.30. The van der Waals surface area contributed by atoms with Crippen LogP contribution in [0.25, 0.3) is 0 Å². The fourth-order valence-electron chi connectivity index (χ4n) is 3.15. The summed E-state index contributed by atoms with van der Waals surface area (Å²) >= 11 is 0. The Morgan fingerprint density at radius 3 is 2.76 bits per heavy atom. The average molecular weight is 292 g/mol. The molecule has 0 aromatic heterocycles. The van der Waals surface area contributed by atoms with Gasteiger partial charge in [0.05, 0.1) is 5.69 Å². The maximum absolute atomic E-state index is 14.4. The molecule has 0 amide bonds. The first-order chi connectivity index (χ1) is 9.93. The monoisotopic (exact) mass is 292 g/mol. The zero-order valence-electron chi connectivity index (χ0n) is 13.7. The number of halogens is 1. The lowest BCUT2D eigenvalue weighted by atomic mass is 9.85. The van der Waals surface area contributed by atoms with Crippen molar-refractivity contribution in [3.8, 4) is 0 Å². The highest BCUT2D eigenvalue weighted by Crippen LogP contribution is 2.34. The quantitative estimate of drug-likeness (QED) is 0.904. The lowest BCUT2D eigenvalue weighted by Crippen LogP contribution is -2.29. The summed E-state index contributed by atoms with van der Waals surface area (Å²) in [7, 11) is 0. The zero-order chi connectivity index (χ0) is 15.5. The van der Waals surface area contributed by atoms with Crippen LogP contribution in [0.15, 0.2) is 18.2 Å². The Kier molecular flexibility index (Phi) is 5.26. The van der Waals surface area contributed by atoms with Gasteiger partial charge in [0.25, 0.3) is 0 Å². The van der Waals surface area contributed by atoms with E-state index in [0.717, 1.165) is 50.0 Å². The molecule has 0 saturated carbocycles. The molecule has 2 nitrogen and oxygen atoms in total. The van der Waals surface area contributed by atoms with E-state index in [0.29, 0.717) is 5.41 Å². The first kappa shape index (κ1) is 16.3. The van der Waals surface area contributed by atoms with Crippen molar-refractivity contribution in [1.29, 1.82) is 0 Å². The van der Waals surface area contributed by atoms with E-state index < -0.39 is 0 Å². The number of hydrogen-bond donors (Lipinski definition) is 1. The second-order valence-electron chi connectivity index (χ2n) is 7.12. The third-order valence-corrected chi connectivity index (χ3v) is 4.73. The van der Waals surface area contributed by atoms with Crippen molar-refractivity contribution in [2.75, 3.05) is 18.0 Å². The van der Waals surface area contributed by atoms with E-state index >= 15 is 0 Å². The van der Waals surface area contributed by atoms with Crippen molar-refractivity contribution in [2.45, 2.75) is 58.9 Å². The van der Waals surface area contributed by atoms with E-state index in [1.54, 1.807) is 12.1 Å². The Morgan fingerprint density at radius 1 is 1.29 bits per heavy atom. The molecule has 1 fully saturated rings. The molecule has 1 aliphatic heterocycles. The number of nitrogens with zero attached hydrogens (tertiary/aromatic N) is 1. The molecule has 2 rings (SSSR count). The van der Waals surface area contributed by atoms with E-state index in [9.17, 15) is 4.39 Å². The number of anilines is 1. The van der Waals surface area contributed by atoms with E-state index in [1.807, 2.05) is 6.07 Å². The predicted molar refractivity (Wildman–Crippen MR) is 88.2 cm³/mol. The highest BCUT2D eigenvalue weighted by Gasteiger charge is 2.25. The first-order valence-electron chi connectivity index (χ1n) is 8.21. The highest BCUT2D eigenvalue weighted by atomic mass is 19.1. The molecule has 1 unspecified atom stereocenters. The van der Waals surface area contributed by atoms with Crippen LogP contribution in [0.4, 0.5) is 10.1 Å². The van der Waals surface area contributed by atoms with Gasteiger partial charge in [-0.05, 0) is 49.1 Å². The second kappa shape index (κ2) is 6.78. The van der Waals surface area contributed by atoms with E-state index in [-0.39, 0.29) is 11.9 Å². The van der Waals surface area contributed by atoms with Crippen LogP contribution in [0, 0.1) is 11.2 Å². The third kappa shape index (κ3) is 4.19. The predicted octanol–water partition coefficient (Wildman–Crippen LogP) is 4.12. The van der Waals surface area contributed by atoms with Crippen LogP contribution < -0.4 is 10.6 Å². The van der Waals surface area contributed by atoms with Crippen LogP contribution in [0.3, 0.4) is 0 Å². The number of benzene rings is 1. The van der Waals surface area contributed by atoms with Crippen LogP contribution in [0.1, 0.15) is 52.0 Å². The summed E-state index contributed by atoms with van der Waals surface area (Å²) in [6, 6.07) is 5.52. The summed E-state index contributed by atoms with van der Waals surface area (Å²) < 4.78 is 14.4. The van der Waals surface area contributed by atoms with Gasteiger partial charge < -0.3 is 10.6 Å². The number of hydrogen-bond acceptors (Lipinski definition) is 2. The fourth-order valence-corrected chi connectivity index (χ4v) is 3.15. The van der Waals surface area contributed by atoms with Crippen LogP contribution in [0.2, 0.25) is 0 Å². The fraction of sp³-hybridized carbons (Fsp3) is 0.667. The molecule has 0 aliphatic carbocycles. The van der Waals surface area contributed by atoms with Gasteiger partial charge in [-0.15, -0.1) is 0 Å². The van der Waals surface area contributed by atoms with Crippen molar-refractivity contribution in [3.05, 3.63) is 29.6 Å². The lowest BCUT2D eigenvalue weighted by molar-refractivity contribution is 0.325. The van der Waals surface area contributed by atoms with Crippen molar-refractivity contribution in [1.82, 2.24) is 0 Å². The van der Waals surface area contributed by atoms with Gasteiger partial charge in [-0.1, -0.05) is 32.9 Å². The molecule has 21 heavy (non-hydrogen) atoms. The molecule has 2 N–H and O–H groups in total. The topological polar surface area (TPSA) is 29.3 Å². The molecule has 1 aromatic rings. The van der Waals surface area contributed by atoms with Crippen molar-refractivity contribution < 1.29 is 4.39 Å². The first-order valence-corrected chi connectivity index (χ1v) is 8.21. The van der Waals surface area contributed by atoms with Gasteiger partial charge in [0, 0.05) is 19.1 Å². The minimum absolute atomic E-state index is 0.101. The van der Waals surface area contributed by atoms with Gasteiger partial charge in [0.15, 0.2) is 0 Å². The Balaban J connectivity index is 2.25. The van der Waals surface area contributed by atoms with Gasteiger partial charge in [0.1, 0.15) is 5.82 Å². The number of rotatable bonds is 4. The largest absolute Gasteiger partial charge is 0.369 e. The molecule has 1 aliphatic rings. The number of para-hydroxylation sites is 1. The maximum Gasteiger partial charge on any atom is 0.146 e. The third-order valence-electron chi connectivity index (χ3n) is 4.73. The van der Waals surface area contributed by atoms with Crippen LogP contribution >= 0.6 is 0 Å². The van der Waals surface area contributed by atoms with Crippen molar-refractivity contribution in [3.63, 3.8) is 0 Å². The number of nitrogens with two attached hydrogens (primary N) is 1.